The lowest BCUT2D eigenvalue weighted by atomic mass is 10.2. The second-order valence-corrected chi connectivity index (χ2v) is 7.14. The van der Waals surface area contributed by atoms with Gasteiger partial charge in [0.2, 0.25) is 5.91 Å². The van der Waals surface area contributed by atoms with Gasteiger partial charge in [-0.05, 0) is 57.0 Å². The number of aryl methyl sites for hydroxylation is 1. The number of ether oxygens (including phenoxy) is 1. The van der Waals surface area contributed by atoms with Crippen LogP contribution in [0.25, 0.3) is 11.0 Å². The van der Waals surface area contributed by atoms with Crippen LogP contribution in [0.4, 0.5) is 5.69 Å². The lowest BCUT2D eigenvalue weighted by Gasteiger charge is -2.09. The first kappa shape index (κ1) is 19.2. The Morgan fingerprint density at radius 2 is 2.11 bits per heavy atom. The van der Waals surface area contributed by atoms with E-state index in [1.807, 2.05) is 35.9 Å². The second kappa shape index (κ2) is 8.39. The Balaban J connectivity index is 1.49. The largest absolute Gasteiger partial charge is 0.494 e. The molecule has 142 valence electrons. The van der Waals surface area contributed by atoms with Crippen molar-refractivity contribution in [2.75, 3.05) is 11.9 Å². The van der Waals surface area contributed by atoms with Crippen molar-refractivity contribution in [3.63, 3.8) is 0 Å². The maximum atomic E-state index is 12.1. The van der Waals surface area contributed by atoms with Crippen molar-refractivity contribution >= 4 is 34.2 Å². The molecule has 1 N–H and O–H groups in total. The summed E-state index contributed by atoms with van der Waals surface area (Å²) in [6.45, 7) is 6.50. The Morgan fingerprint density at radius 1 is 1.30 bits per heavy atom. The predicted molar refractivity (Wildman–Crippen MR) is 107 cm³/mol. The highest BCUT2D eigenvalue weighted by molar-refractivity contribution is 6.31. The molecule has 6 nitrogen and oxygen atoms in total. The molecule has 7 heteroatoms. The van der Waals surface area contributed by atoms with Crippen LogP contribution in [0.15, 0.2) is 36.7 Å². The minimum atomic E-state index is -0.0664. The fraction of sp³-hybridized carbons (Fsp3) is 0.350. The van der Waals surface area contributed by atoms with Gasteiger partial charge in [0.05, 0.1) is 24.7 Å². The van der Waals surface area contributed by atoms with Gasteiger partial charge >= 0.3 is 0 Å². The molecule has 27 heavy (non-hydrogen) atoms. The number of pyridine rings is 1. The third-order valence-electron chi connectivity index (χ3n) is 4.15. The topological polar surface area (TPSA) is 69.0 Å². The number of fused-ring (bicyclic) bond motifs is 1. The first-order valence-electron chi connectivity index (χ1n) is 8.96. The highest BCUT2D eigenvalue weighted by Crippen LogP contribution is 2.21. The summed E-state index contributed by atoms with van der Waals surface area (Å²) in [5, 5.41) is 8.83. The van der Waals surface area contributed by atoms with E-state index in [1.54, 1.807) is 12.4 Å². The van der Waals surface area contributed by atoms with E-state index >= 15 is 0 Å². The number of amides is 1. The van der Waals surface area contributed by atoms with E-state index in [0.717, 1.165) is 22.3 Å². The highest BCUT2D eigenvalue weighted by Gasteiger charge is 2.09. The van der Waals surface area contributed by atoms with Gasteiger partial charge < -0.3 is 10.1 Å². The van der Waals surface area contributed by atoms with Gasteiger partial charge in [-0.3, -0.25) is 4.79 Å². The number of nitrogens with one attached hydrogen (secondary N) is 1. The lowest BCUT2D eigenvalue weighted by Crippen LogP contribution is -2.13. The maximum Gasteiger partial charge on any atom is 0.224 e. The quantitative estimate of drug-likeness (QED) is 0.594. The van der Waals surface area contributed by atoms with Crippen LogP contribution in [0.5, 0.6) is 5.75 Å². The summed E-state index contributed by atoms with van der Waals surface area (Å²) < 4.78 is 7.52. The molecule has 3 rings (SSSR count). The zero-order valence-electron chi connectivity index (χ0n) is 15.7. The summed E-state index contributed by atoms with van der Waals surface area (Å²) in [6, 6.07) is 7.65. The molecule has 1 amide bonds. The van der Waals surface area contributed by atoms with Gasteiger partial charge in [0.25, 0.3) is 0 Å². The van der Waals surface area contributed by atoms with Gasteiger partial charge in [0.1, 0.15) is 5.75 Å². The van der Waals surface area contributed by atoms with Crippen molar-refractivity contribution in [2.45, 2.75) is 39.7 Å². The molecule has 2 heterocycles. The van der Waals surface area contributed by atoms with E-state index in [2.05, 4.69) is 29.2 Å². The highest BCUT2D eigenvalue weighted by atomic mass is 35.5. The molecule has 0 saturated heterocycles. The summed E-state index contributed by atoms with van der Waals surface area (Å²) in [7, 11) is 0. The summed E-state index contributed by atoms with van der Waals surface area (Å²) in [5.74, 6) is 0.692. The van der Waals surface area contributed by atoms with Gasteiger partial charge in [0, 0.05) is 22.9 Å². The monoisotopic (exact) mass is 386 g/mol. The molecule has 0 radical (unpaired) electrons. The van der Waals surface area contributed by atoms with Crippen molar-refractivity contribution in [1.29, 1.82) is 0 Å². The Morgan fingerprint density at radius 3 is 2.85 bits per heavy atom. The molecule has 0 aliphatic heterocycles. The van der Waals surface area contributed by atoms with Gasteiger partial charge in [-0.25, -0.2) is 9.67 Å². The van der Waals surface area contributed by atoms with Gasteiger partial charge in [-0.1, -0.05) is 11.6 Å². The summed E-state index contributed by atoms with van der Waals surface area (Å²) in [4.78, 5) is 16.6. The summed E-state index contributed by atoms with van der Waals surface area (Å²) >= 11 is 5.99. The van der Waals surface area contributed by atoms with Crippen molar-refractivity contribution in [3.05, 3.63) is 47.2 Å². The lowest BCUT2D eigenvalue weighted by molar-refractivity contribution is -0.116. The van der Waals surface area contributed by atoms with Crippen LogP contribution in [0.1, 0.15) is 38.3 Å². The average Bonchev–Trinajstić information content (AvgIpc) is 3.05. The predicted octanol–water partition coefficient (Wildman–Crippen LogP) is 4.77. The molecular weight excluding hydrogens is 364 g/mol. The van der Waals surface area contributed by atoms with Crippen LogP contribution >= 0.6 is 11.6 Å². The third kappa shape index (κ3) is 4.77. The van der Waals surface area contributed by atoms with Gasteiger partial charge in [0.15, 0.2) is 5.65 Å². The third-order valence-corrected chi connectivity index (χ3v) is 4.58. The smallest absolute Gasteiger partial charge is 0.224 e. The molecule has 2 aromatic heterocycles. The molecular formula is C20H23ClN4O2. The van der Waals surface area contributed by atoms with Crippen LogP contribution < -0.4 is 10.1 Å². The van der Waals surface area contributed by atoms with E-state index in [4.69, 9.17) is 16.3 Å². The van der Waals surface area contributed by atoms with E-state index in [0.29, 0.717) is 30.2 Å². The molecule has 3 aromatic rings. The molecule has 0 aliphatic carbocycles. The number of carbonyl (C=O) groups excluding carboxylic acids is 1. The van der Waals surface area contributed by atoms with Crippen molar-refractivity contribution in [3.8, 4) is 5.75 Å². The van der Waals surface area contributed by atoms with E-state index in [9.17, 15) is 4.79 Å². The van der Waals surface area contributed by atoms with Crippen LogP contribution in [0.3, 0.4) is 0 Å². The first-order chi connectivity index (χ1) is 12.9. The fourth-order valence-corrected chi connectivity index (χ4v) is 2.86. The number of benzene rings is 1. The summed E-state index contributed by atoms with van der Waals surface area (Å²) in [6.07, 6.45) is 4.41. The number of carbonyl (C=O) groups is 1. The number of rotatable bonds is 7. The molecule has 0 fully saturated rings. The zero-order valence-corrected chi connectivity index (χ0v) is 16.5. The number of hydrogen-bond donors (Lipinski definition) is 1. The van der Waals surface area contributed by atoms with Gasteiger partial charge in [-0.2, -0.15) is 5.10 Å². The van der Waals surface area contributed by atoms with Crippen LogP contribution in [-0.2, 0) is 4.79 Å². The molecule has 0 saturated carbocycles. The number of anilines is 1. The molecule has 0 spiro atoms. The minimum Gasteiger partial charge on any atom is -0.494 e. The molecule has 0 aliphatic rings. The van der Waals surface area contributed by atoms with Crippen LogP contribution in [0.2, 0.25) is 5.02 Å². The standard InChI is InChI=1S/C20H23ClN4O2/c1-13(2)25-20-15(11-23-25)10-16(12-22-20)24-19(26)5-4-8-27-17-6-7-18(21)14(3)9-17/h6-7,9-13H,4-5,8H2,1-3H3,(H,24,26). The normalized spacial score (nSPS) is 11.1. The Labute approximate surface area is 163 Å². The number of aromatic nitrogens is 3. The summed E-state index contributed by atoms with van der Waals surface area (Å²) in [5.41, 5.74) is 2.45. The van der Waals surface area contributed by atoms with Crippen molar-refractivity contribution in [1.82, 2.24) is 14.8 Å². The van der Waals surface area contributed by atoms with Crippen LogP contribution in [-0.4, -0.2) is 27.3 Å². The zero-order chi connectivity index (χ0) is 19.4. The molecule has 1 aromatic carbocycles. The Bertz CT molecular complexity index is 952. The van der Waals surface area contributed by atoms with E-state index in [1.165, 1.54) is 0 Å². The maximum absolute atomic E-state index is 12.1. The Kier molecular flexibility index (Phi) is 5.96. The van der Waals surface area contributed by atoms with Crippen molar-refractivity contribution in [2.24, 2.45) is 0 Å². The minimum absolute atomic E-state index is 0.0664. The molecule has 0 atom stereocenters. The Hall–Kier alpha value is -2.60. The second-order valence-electron chi connectivity index (χ2n) is 6.73. The van der Waals surface area contributed by atoms with E-state index < -0.39 is 0 Å². The van der Waals surface area contributed by atoms with Gasteiger partial charge in [-0.15, -0.1) is 0 Å². The SMILES string of the molecule is Cc1cc(OCCCC(=O)Nc2cnc3c(cnn3C(C)C)c2)ccc1Cl. The van der Waals surface area contributed by atoms with Crippen LogP contribution in [0, 0.1) is 6.92 Å². The molecule has 0 bridgehead atoms. The van der Waals surface area contributed by atoms with Crippen molar-refractivity contribution < 1.29 is 9.53 Å². The molecule has 0 unspecified atom stereocenters. The number of nitrogens with zero attached hydrogens (tertiary/aromatic N) is 3. The number of hydrogen-bond acceptors (Lipinski definition) is 4. The van der Waals surface area contributed by atoms with E-state index in [-0.39, 0.29) is 11.9 Å². The number of halogens is 1. The average molecular weight is 387 g/mol. The first-order valence-corrected chi connectivity index (χ1v) is 9.34. The fourth-order valence-electron chi connectivity index (χ4n) is 2.74.